The molecule has 2 aromatic rings. The minimum Gasteiger partial charge on any atom is -0.380 e. The summed E-state index contributed by atoms with van der Waals surface area (Å²) >= 11 is 5.88. The second-order valence-corrected chi connectivity index (χ2v) is 6.22. The summed E-state index contributed by atoms with van der Waals surface area (Å²) in [6.07, 6.45) is 5.46. The van der Waals surface area contributed by atoms with Gasteiger partial charge in [-0.3, -0.25) is 9.78 Å². The van der Waals surface area contributed by atoms with E-state index in [9.17, 15) is 4.79 Å². The van der Waals surface area contributed by atoms with E-state index >= 15 is 0 Å². The zero-order valence-corrected chi connectivity index (χ0v) is 14.1. The summed E-state index contributed by atoms with van der Waals surface area (Å²) in [5.41, 5.74) is 2.44. The Morgan fingerprint density at radius 3 is 2.88 bits per heavy atom. The Morgan fingerprint density at radius 2 is 2.12 bits per heavy atom. The van der Waals surface area contributed by atoms with Crippen LogP contribution in [0.3, 0.4) is 0 Å². The molecule has 0 spiro atoms. The van der Waals surface area contributed by atoms with Gasteiger partial charge in [0.15, 0.2) is 0 Å². The molecule has 24 heavy (non-hydrogen) atoms. The van der Waals surface area contributed by atoms with E-state index in [4.69, 9.17) is 16.3 Å². The first kappa shape index (κ1) is 16.7. The number of ether oxygens (including phenoxy) is 1. The van der Waals surface area contributed by atoms with E-state index in [1.165, 1.54) is 0 Å². The van der Waals surface area contributed by atoms with Crippen LogP contribution in [0.1, 0.15) is 28.8 Å². The second-order valence-electron chi connectivity index (χ2n) is 5.79. The van der Waals surface area contributed by atoms with E-state index in [1.807, 2.05) is 24.3 Å². The van der Waals surface area contributed by atoms with E-state index in [2.05, 4.69) is 15.6 Å². The van der Waals surface area contributed by atoms with Crippen molar-refractivity contribution in [1.29, 1.82) is 0 Å². The molecule has 1 aromatic heterocycles. The highest BCUT2D eigenvalue weighted by atomic mass is 35.5. The molecule has 1 aromatic carbocycles. The minimum atomic E-state index is -0.131. The van der Waals surface area contributed by atoms with Gasteiger partial charge in [0.25, 0.3) is 5.91 Å². The fourth-order valence-electron chi connectivity index (χ4n) is 2.58. The highest BCUT2D eigenvalue weighted by Gasteiger charge is 2.16. The smallest absolute Gasteiger partial charge is 0.253 e. The van der Waals surface area contributed by atoms with Crippen molar-refractivity contribution in [2.45, 2.75) is 25.5 Å². The van der Waals surface area contributed by atoms with E-state index < -0.39 is 0 Å². The molecule has 1 aliphatic rings. The Morgan fingerprint density at radius 1 is 1.29 bits per heavy atom. The van der Waals surface area contributed by atoms with Crippen molar-refractivity contribution in [3.05, 3.63) is 58.9 Å². The van der Waals surface area contributed by atoms with Crippen LogP contribution in [0.15, 0.2) is 42.7 Å². The molecular weight excluding hydrogens is 326 g/mol. The maximum Gasteiger partial charge on any atom is 0.253 e. The lowest BCUT2D eigenvalue weighted by atomic mass is 10.2. The molecule has 1 unspecified atom stereocenters. The van der Waals surface area contributed by atoms with Gasteiger partial charge in [0.2, 0.25) is 0 Å². The monoisotopic (exact) mass is 345 g/mol. The van der Waals surface area contributed by atoms with Gasteiger partial charge in [0.05, 0.1) is 17.4 Å². The Hall–Kier alpha value is -2.11. The predicted molar refractivity (Wildman–Crippen MR) is 94.3 cm³/mol. The Balaban J connectivity index is 1.54. The number of carbonyl (C=O) groups is 1. The van der Waals surface area contributed by atoms with Crippen molar-refractivity contribution in [3.63, 3.8) is 0 Å². The Kier molecular flexibility index (Phi) is 5.67. The molecule has 0 saturated carbocycles. The summed E-state index contributed by atoms with van der Waals surface area (Å²) in [7, 11) is 0. The highest BCUT2D eigenvalue weighted by molar-refractivity contribution is 6.30. The lowest BCUT2D eigenvalue weighted by Crippen LogP contribution is -2.31. The number of halogens is 1. The molecule has 1 atom stereocenters. The van der Waals surface area contributed by atoms with E-state index in [-0.39, 0.29) is 12.0 Å². The quantitative estimate of drug-likeness (QED) is 0.843. The molecule has 2 N–H and O–H groups in total. The maximum absolute atomic E-state index is 12.2. The largest absolute Gasteiger partial charge is 0.380 e. The minimum absolute atomic E-state index is 0.131. The standard InChI is InChI=1S/C18H20ClN3O2/c19-15-5-3-13(4-6-15)9-21-16-8-14(10-20-11-16)18(23)22-12-17-2-1-7-24-17/h3-6,8,10-11,17,21H,1-2,7,9,12H2,(H,22,23). The number of pyridine rings is 1. The molecule has 5 nitrogen and oxygen atoms in total. The molecule has 0 bridgehead atoms. The zero-order chi connectivity index (χ0) is 16.8. The molecule has 3 rings (SSSR count). The molecule has 0 aliphatic carbocycles. The predicted octanol–water partition coefficient (Wildman–Crippen LogP) is 3.26. The number of hydrogen-bond acceptors (Lipinski definition) is 4. The van der Waals surface area contributed by atoms with Crippen molar-refractivity contribution in [1.82, 2.24) is 10.3 Å². The average molecular weight is 346 g/mol. The molecule has 1 fully saturated rings. The number of nitrogens with zero attached hydrogens (tertiary/aromatic N) is 1. The van der Waals surface area contributed by atoms with Crippen LogP contribution in [0, 0.1) is 0 Å². The number of hydrogen-bond donors (Lipinski definition) is 2. The maximum atomic E-state index is 12.2. The third-order valence-electron chi connectivity index (χ3n) is 3.92. The molecule has 126 valence electrons. The fourth-order valence-corrected chi connectivity index (χ4v) is 2.71. The molecule has 1 saturated heterocycles. The summed E-state index contributed by atoms with van der Waals surface area (Å²) in [6, 6.07) is 9.42. The third-order valence-corrected chi connectivity index (χ3v) is 4.18. The topological polar surface area (TPSA) is 63.2 Å². The van der Waals surface area contributed by atoms with Gasteiger partial charge >= 0.3 is 0 Å². The van der Waals surface area contributed by atoms with Crippen molar-refractivity contribution in [3.8, 4) is 0 Å². The van der Waals surface area contributed by atoms with Crippen molar-refractivity contribution < 1.29 is 9.53 Å². The van der Waals surface area contributed by atoms with Crippen LogP contribution in [0.2, 0.25) is 5.02 Å². The molecule has 2 heterocycles. The number of nitrogens with one attached hydrogen (secondary N) is 2. The van der Waals surface area contributed by atoms with E-state index in [0.717, 1.165) is 30.7 Å². The number of carbonyl (C=O) groups excluding carboxylic acids is 1. The zero-order valence-electron chi connectivity index (χ0n) is 13.3. The first-order chi connectivity index (χ1) is 11.7. The number of benzene rings is 1. The van der Waals surface area contributed by atoms with Gasteiger partial charge in [-0.15, -0.1) is 0 Å². The first-order valence-corrected chi connectivity index (χ1v) is 8.42. The lowest BCUT2D eigenvalue weighted by molar-refractivity contribution is 0.0857. The summed E-state index contributed by atoms with van der Waals surface area (Å²) in [5, 5.41) is 6.88. The molecule has 6 heteroatoms. The third kappa shape index (κ3) is 4.69. The summed E-state index contributed by atoms with van der Waals surface area (Å²) < 4.78 is 5.51. The van der Waals surface area contributed by atoms with Gasteiger partial charge in [0, 0.05) is 37.1 Å². The van der Waals surface area contributed by atoms with Crippen LogP contribution < -0.4 is 10.6 Å². The Bertz CT molecular complexity index is 685. The van der Waals surface area contributed by atoms with Gasteiger partial charge in [-0.25, -0.2) is 0 Å². The summed E-state index contributed by atoms with van der Waals surface area (Å²) in [5.74, 6) is -0.131. The van der Waals surface area contributed by atoms with Crippen LogP contribution in [-0.2, 0) is 11.3 Å². The number of anilines is 1. The van der Waals surface area contributed by atoms with Crippen LogP contribution >= 0.6 is 11.6 Å². The molecule has 1 aliphatic heterocycles. The van der Waals surface area contributed by atoms with Crippen molar-refractivity contribution in [2.24, 2.45) is 0 Å². The van der Waals surface area contributed by atoms with Crippen LogP contribution in [0.5, 0.6) is 0 Å². The summed E-state index contributed by atoms with van der Waals surface area (Å²) in [4.78, 5) is 16.4. The molecule has 1 amide bonds. The lowest BCUT2D eigenvalue weighted by Gasteiger charge is -2.11. The molecule has 0 radical (unpaired) electrons. The van der Waals surface area contributed by atoms with Gasteiger partial charge in [-0.2, -0.15) is 0 Å². The van der Waals surface area contributed by atoms with Gasteiger partial charge in [-0.1, -0.05) is 23.7 Å². The molecular formula is C18H20ClN3O2. The van der Waals surface area contributed by atoms with Crippen LogP contribution in [0.4, 0.5) is 5.69 Å². The first-order valence-electron chi connectivity index (χ1n) is 8.04. The van der Waals surface area contributed by atoms with Crippen LogP contribution in [0.25, 0.3) is 0 Å². The van der Waals surface area contributed by atoms with Gasteiger partial charge < -0.3 is 15.4 Å². The van der Waals surface area contributed by atoms with Crippen molar-refractivity contribution >= 4 is 23.2 Å². The number of rotatable bonds is 6. The van der Waals surface area contributed by atoms with E-state index in [1.54, 1.807) is 18.5 Å². The Labute approximate surface area is 146 Å². The number of amides is 1. The fraction of sp³-hybridized carbons (Fsp3) is 0.333. The van der Waals surface area contributed by atoms with E-state index in [0.29, 0.717) is 23.7 Å². The van der Waals surface area contributed by atoms with Crippen LogP contribution in [-0.4, -0.2) is 30.1 Å². The van der Waals surface area contributed by atoms with Gasteiger partial charge in [0.1, 0.15) is 0 Å². The second kappa shape index (κ2) is 8.13. The van der Waals surface area contributed by atoms with Crippen molar-refractivity contribution in [2.75, 3.05) is 18.5 Å². The van der Waals surface area contributed by atoms with Gasteiger partial charge in [-0.05, 0) is 36.6 Å². The normalized spacial score (nSPS) is 16.8. The highest BCUT2D eigenvalue weighted by Crippen LogP contribution is 2.14. The SMILES string of the molecule is O=C(NCC1CCCO1)c1cncc(NCc2ccc(Cl)cc2)c1. The average Bonchev–Trinajstić information content (AvgIpc) is 3.13. The summed E-state index contributed by atoms with van der Waals surface area (Å²) in [6.45, 7) is 1.97. The number of aromatic nitrogens is 1.